The molecule has 8 heteroatoms. The summed E-state index contributed by atoms with van der Waals surface area (Å²) < 4.78 is 33.0. The van der Waals surface area contributed by atoms with Crippen molar-refractivity contribution in [1.29, 1.82) is 0 Å². The van der Waals surface area contributed by atoms with Crippen LogP contribution in [0.5, 0.6) is 5.75 Å². The Labute approximate surface area is 152 Å². The summed E-state index contributed by atoms with van der Waals surface area (Å²) in [5, 5.41) is 3.11. The molecule has 0 unspecified atom stereocenters. The fraction of sp³-hybridized carbons (Fsp3) is 0.235. The number of sulfonamides is 1. The molecule has 0 aromatic heterocycles. The Balaban J connectivity index is 2.28. The number of benzene rings is 2. The van der Waals surface area contributed by atoms with E-state index in [0.717, 1.165) is 5.56 Å². The number of nitrogens with one attached hydrogen (secondary N) is 2. The van der Waals surface area contributed by atoms with Crippen LogP contribution in [0.25, 0.3) is 0 Å². The standard InChI is InChI=1S/C17H19ClN2O4S/c1-11(13-5-4-6-14(18)9-13)20-25(22,23)15-7-8-16(19-12(2)21)17(10-15)24-3/h4-11,20H,1-3H3,(H,19,21)/t11-/m1/s1. The quantitative estimate of drug-likeness (QED) is 0.802. The Hall–Kier alpha value is -2.09. The van der Waals surface area contributed by atoms with Gasteiger partial charge < -0.3 is 10.1 Å². The number of ether oxygens (including phenoxy) is 1. The second-order valence-corrected chi connectivity index (χ2v) is 7.59. The SMILES string of the molecule is COc1cc(S(=O)(=O)N[C@H](C)c2cccc(Cl)c2)ccc1NC(C)=O. The third-order valence-corrected chi connectivity index (χ3v) is 5.25. The molecule has 0 saturated carbocycles. The smallest absolute Gasteiger partial charge is 0.241 e. The molecule has 0 bridgehead atoms. The van der Waals surface area contributed by atoms with Crippen molar-refractivity contribution >= 4 is 33.2 Å². The Morgan fingerprint density at radius 3 is 2.52 bits per heavy atom. The zero-order valence-corrected chi connectivity index (χ0v) is 15.6. The zero-order valence-electron chi connectivity index (χ0n) is 14.0. The lowest BCUT2D eigenvalue weighted by molar-refractivity contribution is -0.114. The van der Waals surface area contributed by atoms with Crippen LogP contribution in [0.3, 0.4) is 0 Å². The number of amides is 1. The van der Waals surface area contributed by atoms with E-state index in [2.05, 4.69) is 10.0 Å². The molecule has 2 aromatic rings. The highest BCUT2D eigenvalue weighted by molar-refractivity contribution is 7.89. The predicted molar refractivity (Wildman–Crippen MR) is 97.5 cm³/mol. The van der Waals surface area contributed by atoms with Crippen LogP contribution in [0.15, 0.2) is 47.4 Å². The van der Waals surface area contributed by atoms with Gasteiger partial charge in [-0.1, -0.05) is 23.7 Å². The van der Waals surface area contributed by atoms with E-state index in [0.29, 0.717) is 10.7 Å². The lowest BCUT2D eigenvalue weighted by Crippen LogP contribution is -2.27. The molecule has 2 N–H and O–H groups in total. The second kappa shape index (κ2) is 7.86. The summed E-state index contributed by atoms with van der Waals surface area (Å²) in [5.74, 6) is -0.0184. The van der Waals surface area contributed by atoms with Gasteiger partial charge in [-0.2, -0.15) is 0 Å². The number of methoxy groups -OCH3 is 1. The van der Waals surface area contributed by atoms with Gasteiger partial charge in [0.2, 0.25) is 15.9 Å². The molecule has 0 fully saturated rings. The molecular formula is C17H19ClN2O4S. The van der Waals surface area contributed by atoms with Crippen LogP contribution < -0.4 is 14.8 Å². The number of hydrogen-bond acceptors (Lipinski definition) is 4. The van der Waals surface area contributed by atoms with Crippen LogP contribution in [0.2, 0.25) is 5.02 Å². The maximum absolute atomic E-state index is 12.6. The topological polar surface area (TPSA) is 84.5 Å². The van der Waals surface area contributed by atoms with Crippen molar-refractivity contribution in [1.82, 2.24) is 4.72 Å². The van der Waals surface area contributed by atoms with Crippen molar-refractivity contribution in [3.63, 3.8) is 0 Å². The van der Waals surface area contributed by atoms with Gasteiger partial charge in [0.15, 0.2) is 0 Å². The molecule has 25 heavy (non-hydrogen) atoms. The molecule has 134 valence electrons. The van der Waals surface area contributed by atoms with Gasteiger partial charge in [-0.05, 0) is 36.8 Å². The predicted octanol–water partition coefficient (Wildman–Crippen LogP) is 3.35. The van der Waals surface area contributed by atoms with Gasteiger partial charge in [-0.25, -0.2) is 13.1 Å². The highest BCUT2D eigenvalue weighted by atomic mass is 35.5. The fourth-order valence-corrected chi connectivity index (χ4v) is 3.72. The van der Waals surface area contributed by atoms with Gasteiger partial charge in [0.05, 0.1) is 17.7 Å². The summed E-state index contributed by atoms with van der Waals surface area (Å²) in [6.07, 6.45) is 0. The van der Waals surface area contributed by atoms with E-state index in [1.807, 2.05) is 0 Å². The molecule has 0 saturated heterocycles. The number of anilines is 1. The lowest BCUT2D eigenvalue weighted by atomic mass is 10.1. The summed E-state index contributed by atoms with van der Waals surface area (Å²) in [7, 11) is -2.38. The first-order chi connectivity index (χ1) is 11.7. The first-order valence-electron chi connectivity index (χ1n) is 7.46. The molecule has 2 rings (SSSR count). The van der Waals surface area contributed by atoms with Crippen LogP contribution in [-0.4, -0.2) is 21.4 Å². The maximum Gasteiger partial charge on any atom is 0.241 e. The Morgan fingerprint density at radius 2 is 1.92 bits per heavy atom. The van der Waals surface area contributed by atoms with Crippen molar-refractivity contribution in [2.45, 2.75) is 24.8 Å². The zero-order chi connectivity index (χ0) is 18.6. The molecule has 1 atom stereocenters. The molecule has 0 aliphatic carbocycles. The monoisotopic (exact) mass is 382 g/mol. The minimum Gasteiger partial charge on any atom is -0.495 e. The van der Waals surface area contributed by atoms with E-state index >= 15 is 0 Å². The molecule has 0 aliphatic heterocycles. The number of hydrogen-bond donors (Lipinski definition) is 2. The molecule has 1 amide bonds. The van der Waals surface area contributed by atoms with Crippen LogP contribution in [0.1, 0.15) is 25.5 Å². The fourth-order valence-electron chi connectivity index (χ4n) is 2.28. The first-order valence-corrected chi connectivity index (χ1v) is 9.32. The summed E-state index contributed by atoms with van der Waals surface area (Å²) in [6.45, 7) is 3.09. The Bertz CT molecular complexity index is 884. The van der Waals surface area contributed by atoms with E-state index in [1.165, 1.54) is 32.2 Å². The van der Waals surface area contributed by atoms with Crippen molar-refractivity contribution in [3.05, 3.63) is 53.1 Å². The Morgan fingerprint density at radius 1 is 1.20 bits per heavy atom. The van der Waals surface area contributed by atoms with Gasteiger partial charge in [0.1, 0.15) is 5.75 Å². The lowest BCUT2D eigenvalue weighted by Gasteiger charge is -2.16. The van der Waals surface area contributed by atoms with E-state index in [-0.39, 0.29) is 16.6 Å². The number of carbonyl (C=O) groups excluding carboxylic acids is 1. The van der Waals surface area contributed by atoms with Gasteiger partial charge in [-0.15, -0.1) is 0 Å². The Kier molecular flexibility index (Phi) is 6.05. The van der Waals surface area contributed by atoms with Crippen LogP contribution in [0.4, 0.5) is 5.69 Å². The average Bonchev–Trinajstić information content (AvgIpc) is 2.54. The summed E-state index contributed by atoms with van der Waals surface area (Å²) in [5.41, 5.74) is 1.15. The van der Waals surface area contributed by atoms with Gasteiger partial charge in [0, 0.05) is 24.1 Å². The van der Waals surface area contributed by atoms with Gasteiger partial charge in [0.25, 0.3) is 0 Å². The average molecular weight is 383 g/mol. The minimum absolute atomic E-state index is 0.0346. The van der Waals surface area contributed by atoms with Crippen molar-refractivity contribution in [2.75, 3.05) is 12.4 Å². The van der Waals surface area contributed by atoms with E-state index in [9.17, 15) is 13.2 Å². The normalized spacial score (nSPS) is 12.5. The summed E-state index contributed by atoms with van der Waals surface area (Å²) in [6, 6.07) is 10.8. The van der Waals surface area contributed by atoms with Crippen LogP contribution in [0, 0.1) is 0 Å². The third-order valence-electron chi connectivity index (χ3n) is 3.47. The maximum atomic E-state index is 12.6. The number of carbonyl (C=O) groups is 1. The minimum atomic E-state index is -3.78. The number of rotatable bonds is 6. The first kappa shape index (κ1) is 19.2. The summed E-state index contributed by atoms with van der Waals surface area (Å²) in [4.78, 5) is 11.2. The van der Waals surface area contributed by atoms with E-state index < -0.39 is 16.1 Å². The van der Waals surface area contributed by atoms with Crippen molar-refractivity contribution < 1.29 is 17.9 Å². The van der Waals surface area contributed by atoms with Gasteiger partial charge in [-0.3, -0.25) is 4.79 Å². The highest BCUT2D eigenvalue weighted by Gasteiger charge is 2.20. The van der Waals surface area contributed by atoms with Gasteiger partial charge >= 0.3 is 0 Å². The molecule has 0 heterocycles. The molecular weight excluding hydrogens is 364 g/mol. The summed E-state index contributed by atoms with van der Waals surface area (Å²) >= 11 is 5.95. The second-order valence-electron chi connectivity index (χ2n) is 5.44. The molecule has 0 radical (unpaired) electrons. The van der Waals surface area contributed by atoms with Crippen molar-refractivity contribution in [2.24, 2.45) is 0 Å². The van der Waals surface area contributed by atoms with Crippen LogP contribution >= 0.6 is 11.6 Å². The van der Waals surface area contributed by atoms with E-state index in [4.69, 9.17) is 16.3 Å². The largest absolute Gasteiger partial charge is 0.495 e. The van der Waals surface area contributed by atoms with Crippen LogP contribution in [-0.2, 0) is 14.8 Å². The molecule has 6 nitrogen and oxygen atoms in total. The van der Waals surface area contributed by atoms with Crippen molar-refractivity contribution in [3.8, 4) is 5.75 Å². The van der Waals surface area contributed by atoms with E-state index in [1.54, 1.807) is 31.2 Å². The molecule has 0 spiro atoms. The molecule has 0 aliphatic rings. The number of halogens is 1. The highest BCUT2D eigenvalue weighted by Crippen LogP contribution is 2.28. The third kappa shape index (κ3) is 4.94. The molecule has 2 aromatic carbocycles.